The number of Topliss-reactive ketones (excluding diaryl/α,β-unsaturated/α-hetero) is 1. The second-order valence-electron chi connectivity index (χ2n) is 5.60. The number of hydrogen-bond donors (Lipinski definition) is 0. The Morgan fingerprint density at radius 3 is 1.92 bits per heavy atom. The Labute approximate surface area is 142 Å². The van der Waals surface area contributed by atoms with Crippen molar-refractivity contribution in [1.29, 1.82) is 0 Å². The number of carbonyl (C=O) groups excluding carboxylic acids is 1. The maximum Gasteiger partial charge on any atom is 0.204 e. The Morgan fingerprint density at radius 2 is 1.48 bits per heavy atom. The lowest BCUT2D eigenvalue weighted by Crippen LogP contribution is -2.14. The zero-order valence-corrected chi connectivity index (χ0v) is 13.8. The normalized spacial score (nSPS) is 10.9. The zero-order valence-electron chi connectivity index (χ0n) is 13.8. The molecule has 0 bridgehead atoms. The van der Waals surface area contributed by atoms with Crippen molar-refractivity contribution < 1.29 is 31.8 Å². The summed E-state index contributed by atoms with van der Waals surface area (Å²) in [7, 11) is 0. The van der Waals surface area contributed by atoms with Gasteiger partial charge in [0.15, 0.2) is 23.2 Å². The second-order valence-corrected chi connectivity index (χ2v) is 5.60. The van der Waals surface area contributed by atoms with E-state index in [9.17, 15) is 22.4 Å². The molecule has 0 amide bonds. The fraction of sp³-hybridized carbons (Fsp3) is 0.278. The van der Waals surface area contributed by atoms with Gasteiger partial charge in [-0.2, -0.15) is 8.78 Å². The van der Waals surface area contributed by atoms with Crippen LogP contribution in [0.2, 0.25) is 0 Å². The van der Waals surface area contributed by atoms with E-state index >= 15 is 0 Å². The standard InChI is InChI=1S/C18H16F4O3/c1-9(2)25-18-16(21)14(19)13(15(20)17(18)22)8-24-12-6-4-11(5-7-12)10(3)23/h4-7,9H,8H2,1-3H3. The third-order valence-corrected chi connectivity index (χ3v) is 3.31. The molecular weight excluding hydrogens is 340 g/mol. The van der Waals surface area contributed by atoms with E-state index < -0.39 is 47.3 Å². The van der Waals surface area contributed by atoms with Gasteiger partial charge < -0.3 is 9.47 Å². The number of hydrogen-bond acceptors (Lipinski definition) is 3. The topological polar surface area (TPSA) is 35.5 Å². The molecule has 25 heavy (non-hydrogen) atoms. The van der Waals surface area contributed by atoms with Crippen molar-refractivity contribution in [3.8, 4) is 11.5 Å². The van der Waals surface area contributed by atoms with Crippen LogP contribution in [0.15, 0.2) is 24.3 Å². The predicted octanol–water partition coefficient (Wildman–Crippen LogP) is 4.81. The van der Waals surface area contributed by atoms with Crippen LogP contribution >= 0.6 is 0 Å². The first kappa shape index (κ1) is 18.8. The molecule has 7 heteroatoms. The number of rotatable bonds is 6. The van der Waals surface area contributed by atoms with Crippen molar-refractivity contribution in [2.45, 2.75) is 33.5 Å². The van der Waals surface area contributed by atoms with Gasteiger partial charge in [0.05, 0.1) is 11.7 Å². The van der Waals surface area contributed by atoms with E-state index in [1.807, 2.05) is 0 Å². The third kappa shape index (κ3) is 4.10. The van der Waals surface area contributed by atoms with E-state index in [1.54, 1.807) is 0 Å². The molecule has 0 aromatic heterocycles. The molecule has 0 unspecified atom stereocenters. The molecule has 0 aliphatic rings. The van der Waals surface area contributed by atoms with Gasteiger partial charge in [0.2, 0.25) is 11.6 Å². The lowest BCUT2D eigenvalue weighted by Gasteiger charge is -2.15. The summed E-state index contributed by atoms with van der Waals surface area (Å²) in [4.78, 5) is 11.2. The minimum atomic E-state index is -1.61. The van der Waals surface area contributed by atoms with Crippen molar-refractivity contribution in [1.82, 2.24) is 0 Å². The number of halogens is 4. The van der Waals surface area contributed by atoms with Crippen molar-refractivity contribution in [2.24, 2.45) is 0 Å². The van der Waals surface area contributed by atoms with Gasteiger partial charge >= 0.3 is 0 Å². The van der Waals surface area contributed by atoms with Crippen LogP contribution in [0.1, 0.15) is 36.7 Å². The Hall–Kier alpha value is -2.57. The highest BCUT2D eigenvalue weighted by Crippen LogP contribution is 2.31. The summed E-state index contributed by atoms with van der Waals surface area (Å²) in [6.07, 6.45) is -0.662. The van der Waals surface area contributed by atoms with Gasteiger partial charge in [0.1, 0.15) is 12.4 Å². The highest BCUT2D eigenvalue weighted by atomic mass is 19.2. The Morgan fingerprint density at radius 1 is 0.960 bits per heavy atom. The van der Waals surface area contributed by atoms with Crippen LogP contribution in [0.25, 0.3) is 0 Å². The average Bonchev–Trinajstić information content (AvgIpc) is 2.57. The summed E-state index contributed by atoms with van der Waals surface area (Å²) in [5, 5.41) is 0. The molecule has 2 aromatic rings. The van der Waals surface area contributed by atoms with Gasteiger partial charge in [-0.05, 0) is 45.0 Å². The predicted molar refractivity (Wildman–Crippen MR) is 82.8 cm³/mol. The average molecular weight is 356 g/mol. The molecule has 0 fully saturated rings. The Balaban J connectivity index is 2.26. The van der Waals surface area contributed by atoms with Crippen LogP contribution in [0, 0.1) is 23.3 Å². The van der Waals surface area contributed by atoms with Gasteiger partial charge in [-0.3, -0.25) is 4.79 Å². The Bertz CT molecular complexity index is 757. The summed E-state index contributed by atoms with van der Waals surface area (Å²) < 4.78 is 65.9. The molecule has 134 valence electrons. The summed E-state index contributed by atoms with van der Waals surface area (Å²) in [5.74, 6) is -7.44. The quantitative estimate of drug-likeness (QED) is 0.423. The van der Waals surface area contributed by atoms with E-state index in [4.69, 9.17) is 9.47 Å². The van der Waals surface area contributed by atoms with Crippen LogP contribution in [0.3, 0.4) is 0 Å². The molecular formula is C18H16F4O3. The first-order valence-corrected chi connectivity index (χ1v) is 7.47. The highest BCUT2D eigenvalue weighted by molar-refractivity contribution is 5.94. The fourth-order valence-corrected chi connectivity index (χ4v) is 2.06. The first-order chi connectivity index (χ1) is 11.7. The van der Waals surface area contributed by atoms with Crippen molar-refractivity contribution in [3.05, 3.63) is 58.7 Å². The monoisotopic (exact) mass is 356 g/mol. The number of ether oxygens (including phenoxy) is 2. The largest absolute Gasteiger partial charge is 0.489 e. The number of carbonyl (C=O) groups is 1. The van der Waals surface area contributed by atoms with Crippen LogP contribution in [-0.2, 0) is 6.61 Å². The maximum absolute atomic E-state index is 14.0. The van der Waals surface area contributed by atoms with Gasteiger partial charge in [-0.1, -0.05) is 0 Å². The van der Waals surface area contributed by atoms with E-state index in [0.29, 0.717) is 5.56 Å². The SMILES string of the molecule is CC(=O)c1ccc(OCc2c(F)c(F)c(OC(C)C)c(F)c2F)cc1. The fourth-order valence-electron chi connectivity index (χ4n) is 2.06. The summed E-state index contributed by atoms with van der Waals surface area (Å²) >= 11 is 0. The summed E-state index contributed by atoms with van der Waals surface area (Å²) in [6, 6.07) is 5.75. The molecule has 0 N–H and O–H groups in total. The molecule has 3 nitrogen and oxygen atoms in total. The molecule has 0 atom stereocenters. The second kappa shape index (κ2) is 7.55. The molecule has 2 aromatic carbocycles. The highest BCUT2D eigenvalue weighted by Gasteiger charge is 2.27. The molecule has 0 radical (unpaired) electrons. The van der Waals surface area contributed by atoms with Crippen molar-refractivity contribution in [2.75, 3.05) is 0 Å². The van der Waals surface area contributed by atoms with Gasteiger partial charge in [0, 0.05) is 5.56 Å². The molecule has 0 saturated carbocycles. The van der Waals surface area contributed by atoms with Crippen LogP contribution in [-0.4, -0.2) is 11.9 Å². The van der Waals surface area contributed by atoms with E-state index in [0.717, 1.165) is 0 Å². The van der Waals surface area contributed by atoms with Crippen LogP contribution in [0.4, 0.5) is 17.6 Å². The molecule has 0 aliphatic carbocycles. The summed E-state index contributed by atoms with van der Waals surface area (Å²) in [6.45, 7) is 3.59. The minimum absolute atomic E-state index is 0.159. The van der Waals surface area contributed by atoms with E-state index in [-0.39, 0.29) is 11.5 Å². The van der Waals surface area contributed by atoms with Crippen LogP contribution in [0.5, 0.6) is 11.5 Å². The van der Waals surface area contributed by atoms with Crippen molar-refractivity contribution in [3.63, 3.8) is 0 Å². The van der Waals surface area contributed by atoms with Crippen molar-refractivity contribution >= 4 is 5.78 Å². The van der Waals surface area contributed by atoms with Crippen LogP contribution < -0.4 is 9.47 Å². The van der Waals surface area contributed by atoms with E-state index in [1.165, 1.54) is 45.0 Å². The number of benzene rings is 2. The molecule has 2 rings (SSSR count). The van der Waals surface area contributed by atoms with Gasteiger partial charge in [-0.15, -0.1) is 0 Å². The maximum atomic E-state index is 14.0. The van der Waals surface area contributed by atoms with Gasteiger partial charge in [0.25, 0.3) is 0 Å². The summed E-state index contributed by atoms with van der Waals surface area (Å²) in [5.41, 5.74) is -0.460. The minimum Gasteiger partial charge on any atom is -0.489 e. The molecule has 0 saturated heterocycles. The lowest BCUT2D eigenvalue weighted by molar-refractivity contribution is 0.101. The molecule has 0 aliphatic heterocycles. The Kier molecular flexibility index (Phi) is 5.66. The third-order valence-electron chi connectivity index (χ3n) is 3.31. The number of ketones is 1. The smallest absolute Gasteiger partial charge is 0.204 e. The first-order valence-electron chi connectivity index (χ1n) is 7.47. The van der Waals surface area contributed by atoms with E-state index in [2.05, 4.69) is 0 Å². The zero-order chi connectivity index (χ0) is 18.7. The lowest BCUT2D eigenvalue weighted by atomic mass is 10.1. The molecule has 0 spiro atoms. The van der Waals surface area contributed by atoms with Gasteiger partial charge in [-0.25, -0.2) is 8.78 Å². The molecule has 0 heterocycles.